The Kier molecular flexibility index (Phi) is 4.35. The highest BCUT2D eigenvalue weighted by atomic mass is 32.2. The van der Waals surface area contributed by atoms with E-state index in [2.05, 4.69) is 15.1 Å². The summed E-state index contributed by atoms with van der Waals surface area (Å²) in [5.41, 5.74) is 8.27. The molecular weight excluding hydrogens is 260 g/mol. The van der Waals surface area contributed by atoms with Crippen LogP contribution in [0, 0.1) is 6.92 Å². The molecule has 0 saturated heterocycles. The summed E-state index contributed by atoms with van der Waals surface area (Å²) in [5.74, 6) is 0.842. The van der Waals surface area contributed by atoms with Crippen LogP contribution in [0.1, 0.15) is 16.8 Å². The lowest BCUT2D eigenvalue weighted by molar-refractivity contribution is 0.318. The van der Waals surface area contributed by atoms with E-state index in [1.807, 2.05) is 31.2 Å². The molecule has 0 atom stereocenters. The average molecular weight is 274 g/mol. The lowest BCUT2D eigenvalue weighted by atomic mass is 10.1. The summed E-state index contributed by atoms with van der Waals surface area (Å²) in [6.45, 7) is 1.94. The number of nitrogens with two attached hydrogens (primary N) is 1. The Hall–Kier alpha value is -2.08. The molecule has 0 aliphatic carbocycles. The van der Waals surface area contributed by atoms with Gasteiger partial charge in [0.15, 0.2) is 11.0 Å². The van der Waals surface area contributed by atoms with E-state index in [0.29, 0.717) is 5.56 Å². The minimum Gasteiger partial charge on any atom is -0.409 e. The van der Waals surface area contributed by atoms with Gasteiger partial charge >= 0.3 is 0 Å². The van der Waals surface area contributed by atoms with Crippen molar-refractivity contribution in [1.29, 1.82) is 0 Å². The van der Waals surface area contributed by atoms with Gasteiger partial charge in [0, 0.05) is 23.2 Å². The first-order chi connectivity index (χ1) is 9.19. The number of thioether (sulfide) groups is 1. The number of aryl methyl sites for hydroxylation is 1. The summed E-state index contributed by atoms with van der Waals surface area (Å²) in [7, 11) is 0. The zero-order valence-corrected chi connectivity index (χ0v) is 11.3. The van der Waals surface area contributed by atoms with E-state index in [4.69, 9.17) is 10.9 Å². The number of aromatic nitrogens is 2. The fourth-order valence-electron chi connectivity index (χ4n) is 1.52. The van der Waals surface area contributed by atoms with Gasteiger partial charge in [-0.1, -0.05) is 35.1 Å². The van der Waals surface area contributed by atoms with Crippen molar-refractivity contribution in [3.05, 3.63) is 53.3 Å². The van der Waals surface area contributed by atoms with E-state index in [1.165, 1.54) is 0 Å². The van der Waals surface area contributed by atoms with E-state index in [0.717, 1.165) is 22.2 Å². The first-order valence-electron chi connectivity index (χ1n) is 5.68. The third-order valence-corrected chi connectivity index (χ3v) is 3.40. The SMILES string of the molecule is Cc1ccnc(SCc2cccc(C(N)=NO)c2)n1. The molecule has 2 rings (SSSR count). The van der Waals surface area contributed by atoms with Crippen LogP contribution in [0.4, 0.5) is 0 Å². The van der Waals surface area contributed by atoms with Gasteiger partial charge in [-0.2, -0.15) is 0 Å². The number of amidine groups is 1. The molecule has 0 aliphatic heterocycles. The number of hydrogen-bond donors (Lipinski definition) is 2. The number of nitrogens with zero attached hydrogens (tertiary/aromatic N) is 3. The quantitative estimate of drug-likeness (QED) is 0.223. The fraction of sp³-hybridized carbons (Fsp3) is 0.154. The van der Waals surface area contributed by atoms with Crippen LogP contribution >= 0.6 is 11.8 Å². The second-order valence-corrected chi connectivity index (χ2v) is 4.90. The Balaban J connectivity index is 2.08. The number of rotatable bonds is 4. The molecule has 2 aromatic rings. The van der Waals surface area contributed by atoms with Crippen molar-refractivity contribution >= 4 is 17.6 Å². The van der Waals surface area contributed by atoms with Gasteiger partial charge in [0.2, 0.25) is 0 Å². The van der Waals surface area contributed by atoms with Crippen molar-refractivity contribution in [3.63, 3.8) is 0 Å². The molecular formula is C13H14N4OS. The molecule has 1 aromatic carbocycles. The molecule has 0 saturated carbocycles. The van der Waals surface area contributed by atoms with Gasteiger partial charge in [-0.3, -0.25) is 0 Å². The Bertz CT molecular complexity index is 601. The van der Waals surface area contributed by atoms with Crippen LogP contribution < -0.4 is 5.73 Å². The summed E-state index contributed by atoms with van der Waals surface area (Å²) in [4.78, 5) is 8.52. The second-order valence-electron chi connectivity index (χ2n) is 3.95. The molecule has 0 amide bonds. The maximum Gasteiger partial charge on any atom is 0.188 e. The standard InChI is InChI=1S/C13H14N4OS/c1-9-5-6-15-13(16-9)19-8-10-3-2-4-11(7-10)12(14)17-18/h2-7,18H,8H2,1H3,(H2,14,17). The van der Waals surface area contributed by atoms with Gasteiger partial charge in [0.1, 0.15) is 0 Å². The van der Waals surface area contributed by atoms with Gasteiger partial charge < -0.3 is 10.9 Å². The van der Waals surface area contributed by atoms with Crippen LogP contribution in [0.5, 0.6) is 0 Å². The predicted molar refractivity (Wildman–Crippen MR) is 75.3 cm³/mol. The summed E-state index contributed by atoms with van der Waals surface area (Å²) in [6.07, 6.45) is 1.75. The van der Waals surface area contributed by atoms with Crippen LogP contribution in [-0.4, -0.2) is 21.0 Å². The van der Waals surface area contributed by atoms with Crippen molar-refractivity contribution in [3.8, 4) is 0 Å². The summed E-state index contributed by atoms with van der Waals surface area (Å²) >= 11 is 1.55. The van der Waals surface area contributed by atoms with Gasteiger partial charge in [-0.05, 0) is 24.6 Å². The number of oxime groups is 1. The Labute approximate surface area is 115 Å². The molecule has 6 heteroatoms. The van der Waals surface area contributed by atoms with Crippen LogP contribution in [0.2, 0.25) is 0 Å². The number of hydrogen-bond acceptors (Lipinski definition) is 5. The third-order valence-electron chi connectivity index (χ3n) is 2.47. The van der Waals surface area contributed by atoms with Gasteiger partial charge in [0.25, 0.3) is 0 Å². The zero-order valence-electron chi connectivity index (χ0n) is 10.4. The highest BCUT2D eigenvalue weighted by molar-refractivity contribution is 7.98. The van der Waals surface area contributed by atoms with Crippen molar-refractivity contribution in [2.45, 2.75) is 17.8 Å². The van der Waals surface area contributed by atoms with E-state index in [9.17, 15) is 0 Å². The van der Waals surface area contributed by atoms with E-state index in [1.54, 1.807) is 24.0 Å². The maximum absolute atomic E-state index is 8.66. The Morgan fingerprint density at radius 1 is 1.42 bits per heavy atom. The Morgan fingerprint density at radius 3 is 3.00 bits per heavy atom. The summed E-state index contributed by atoms with van der Waals surface area (Å²) in [5, 5.41) is 12.4. The summed E-state index contributed by atoms with van der Waals surface area (Å²) in [6, 6.07) is 9.41. The number of benzene rings is 1. The van der Waals surface area contributed by atoms with Crippen LogP contribution in [0.25, 0.3) is 0 Å². The molecule has 0 radical (unpaired) electrons. The largest absolute Gasteiger partial charge is 0.409 e. The van der Waals surface area contributed by atoms with Crippen molar-refractivity contribution < 1.29 is 5.21 Å². The van der Waals surface area contributed by atoms with E-state index >= 15 is 0 Å². The minimum absolute atomic E-state index is 0.110. The molecule has 19 heavy (non-hydrogen) atoms. The monoisotopic (exact) mass is 274 g/mol. The molecule has 0 spiro atoms. The van der Waals surface area contributed by atoms with Crippen LogP contribution in [0.15, 0.2) is 46.8 Å². The molecule has 0 aliphatic rings. The first-order valence-corrected chi connectivity index (χ1v) is 6.67. The van der Waals surface area contributed by atoms with Crippen LogP contribution in [-0.2, 0) is 5.75 Å². The first kappa shape index (κ1) is 13.4. The van der Waals surface area contributed by atoms with Gasteiger partial charge in [-0.25, -0.2) is 9.97 Å². The molecule has 1 aromatic heterocycles. The van der Waals surface area contributed by atoms with Gasteiger partial charge in [-0.15, -0.1) is 0 Å². The molecule has 0 unspecified atom stereocenters. The molecule has 5 nitrogen and oxygen atoms in total. The van der Waals surface area contributed by atoms with Crippen molar-refractivity contribution in [2.75, 3.05) is 0 Å². The normalized spacial score (nSPS) is 11.5. The highest BCUT2D eigenvalue weighted by Gasteiger charge is 2.03. The minimum atomic E-state index is 0.110. The second kappa shape index (κ2) is 6.19. The van der Waals surface area contributed by atoms with Gasteiger partial charge in [0.05, 0.1) is 0 Å². The maximum atomic E-state index is 8.66. The third kappa shape index (κ3) is 3.69. The summed E-state index contributed by atoms with van der Waals surface area (Å²) < 4.78 is 0. The lowest BCUT2D eigenvalue weighted by Gasteiger charge is -2.04. The van der Waals surface area contributed by atoms with Crippen LogP contribution in [0.3, 0.4) is 0 Å². The average Bonchev–Trinajstić information content (AvgIpc) is 2.45. The van der Waals surface area contributed by atoms with E-state index < -0.39 is 0 Å². The molecule has 98 valence electrons. The lowest BCUT2D eigenvalue weighted by Crippen LogP contribution is -2.13. The fourth-order valence-corrected chi connectivity index (χ4v) is 2.34. The van der Waals surface area contributed by atoms with Crippen molar-refractivity contribution in [1.82, 2.24) is 9.97 Å². The smallest absolute Gasteiger partial charge is 0.188 e. The topological polar surface area (TPSA) is 84.4 Å². The molecule has 0 bridgehead atoms. The molecule has 3 N–H and O–H groups in total. The van der Waals surface area contributed by atoms with E-state index in [-0.39, 0.29) is 5.84 Å². The molecule has 1 heterocycles. The Morgan fingerprint density at radius 2 is 2.26 bits per heavy atom. The highest BCUT2D eigenvalue weighted by Crippen LogP contribution is 2.19. The molecule has 0 fully saturated rings. The van der Waals surface area contributed by atoms with Crippen molar-refractivity contribution in [2.24, 2.45) is 10.9 Å². The zero-order chi connectivity index (χ0) is 13.7. The predicted octanol–water partition coefficient (Wildman–Crippen LogP) is 2.17.